The van der Waals surface area contributed by atoms with Gasteiger partial charge in [0.25, 0.3) is 0 Å². The molecule has 0 aliphatic carbocycles. The second-order valence-corrected chi connectivity index (χ2v) is 4.95. The number of benzene rings is 1. The molecular formula is C15H21NO6. The molecule has 1 amide bonds. The zero-order valence-corrected chi connectivity index (χ0v) is 12.0. The molecule has 122 valence electrons. The van der Waals surface area contributed by atoms with Crippen molar-refractivity contribution in [2.45, 2.75) is 37.2 Å². The van der Waals surface area contributed by atoms with Crippen LogP contribution in [-0.2, 0) is 16.0 Å². The van der Waals surface area contributed by atoms with E-state index in [1.165, 1.54) is 0 Å². The van der Waals surface area contributed by atoms with Gasteiger partial charge in [-0.2, -0.15) is 0 Å². The van der Waals surface area contributed by atoms with Gasteiger partial charge >= 0.3 is 0 Å². The summed E-state index contributed by atoms with van der Waals surface area (Å²) in [6.07, 6.45) is -4.19. The standard InChI is InChI=1S/C15H21NO6/c17-8-11(14(21)15(22)12(19)9-18)16-13(20)7-6-10-4-2-1-3-5-10/h1-5,8,11-12,14-15,18-19,21-22H,6-7,9H2,(H,16,20)/t11-,12-,14-,15-/m1/s1. The minimum Gasteiger partial charge on any atom is -0.394 e. The Balaban J connectivity index is 2.51. The van der Waals surface area contributed by atoms with Crippen LogP contribution in [0.1, 0.15) is 12.0 Å². The Morgan fingerprint density at radius 1 is 1.14 bits per heavy atom. The number of aliphatic hydroxyl groups excluding tert-OH is 4. The molecule has 0 saturated heterocycles. The first-order chi connectivity index (χ1) is 10.5. The first-order valence-corrected chi connectivity index (χ1v) is 6.93. The number of carbonyl (C=O) groups excluding carboxylic acids is 2. The Kier molecular flexibility index (Phi) is 7.69. The minimum absolute atomic E-state index is 0.111. The van der Waals surface area contributed by atoms with Crippen LogP contribution in [0.5, 0.6) is 0 Å². The first-order valence-electron chi connectivity index (χ1n) is 6.93. The average Bonchev–Trinajstić information content (AvgIpc) is 2.56. The molecule has 0 spiro atoms. The Bertz CT molecular complexity index is 466. The van der Waals surface area contributed by atoms with Crippen LogP contribution in [0.2, 0.25) is 0 Å². The average molecular weight is 311 g/mol. The maximum atomic E-state index is 11.8. The summed E-state index contributed by atoms with van der Waals surface area (Å²) in [5.74, 6) is -0.467. The van der Waals surface area contributed by atoms with Crippen LogP contribution < -0.4 is 5.32 Å². The smallest absolute Gasteiger partial charge is 0.220 e. The first kappa shape index (κ1) is 18.2. The van der Waals surface area contributed by atoms with Crippen molar-refractivity contribution in [1.82, 2.24) is 5.32 Å². The number of carbonyl (C=O) groups is 2. The predicted molar refractivity (Wildman–Crippen MR) is 77.9 cm³/mol. The molecule has 0 fully saturated rings. The molecule has 0 aliphatic rings. The highest BCUT2D eigenvalue weighted by molar-refractivity contribution is 5.80. The van der Waals surface area contributed by atoms with E-state index in [4.69, 9.17) is 5.11 Å². The fraction of sp³-hybridized carbons (Fsp3) is 0.467. The second kappa shape index (κ2) is 9.26. The van der Waals surface area contributed by atoms with Gasteiger partial charge < -0.3 is 30.5 Å². The number of aryl methyl sites for hydroxylation is 1. The van der Waals surface area contributed by atoms with Crippen LogP contribution in [0.3, 0.4) is 0 Å². The fourth-order valence-electron chi connectivity index (χ4n) is 1.91. The molecule has 0 unspecified atom stereocenters. The number of hydrogen-bond donors (Lipinski definition) is 5. The molecule has 0 heterocycles. The lowest BCUT2D eigenvalue weighted by atomic mass is 10.0. The Hall–Kier alpha value is -1.80. The maximum absolute atomic E-state index is 11.8. The zero-order chi connectivity index (χ0) is 16.5. The summed E-state index contributed by atoms with van der Waals surface area (Å²) in [5, 5.41) is 39.5. The third kappa shape index (κ3) is 5.53. The Morgan fingerprint density at radius 2 is 1.77 bits per heavy atom. The van der Waals surface area contributed by atoms with Gasteiger partial charge in [-0.1, -0.05) is 30.3 Å². The van der Waals surface area contributed by atoms with Gasteiger partial charge in [-0.05, 0) is 12.0 Å². The maximum Gasteiger partial charge on any atom is 0.220 e. The number of amides is 1. The van der Waals surface area contributed by atoms with Crippen molar-refractivity contribution in [1.29, 1.82) is 0 Å². The summed E-state index contributed by atoms with van der Waals surface area (Å²) in [6.45, 7) is -0.772. The van der Waals surface area contributed by atoms with E-state index in [1.807, 2.05) is 30.3 Å². The summed E-state index contributed by atoms with van der Waals surface area (Å²) < 4.78 is 0. The lowest BCUT2D eigenvalue weighted by Gasteiger charge is -2.26. The molecule has 1 aromatic carbocycles. The van der Waals surface area contributed by atoms with Crippen LogP contribution in [-0.4, -0.2) is 63.6 Å². The highest BCUT2D eigenvalue weighted by Gasteiger charge is 2.31. The van der Waals surface area contributed by atoms with E-state index in [1.54, 1.807) is 0 Å². The van der Waals surface area contributed by atoms with Crippen molar-refractivity contribution in [2.75, 3.05) is 6.61 Å². The zero-order valence-electron chi connectivity index (χ0n) is 12.0. The molecule has 0 aliphatic heterocycles. The van der Waals surface area contributed by atoms with E-state index in [0.29, 0.717) is 6.42 Å². The van der Waals surface area contributed by atoms with E-state index in [-0.39, 0.29) is 12.7 Å². The van der Waals surface area contributed by atoms with E-state index >= 15 is 0 Å². The fourth-order valence-corrected chi connectivity index (χ4v) is 1.91. The van der Waals surface area contributed by atoms with Crippen molar-refractivity contribution in [3.8, 4) is 0 Å². The minimum atomic E-state index is -1.74. The summed E-state index contributed by atoms with van der Waals surface area (Å²) in [5.41, 5.74) is 0.955. The molecule has 22 heavy (non-hydrogen) atoms. The highest BCUT2D eigenvalue weighted by Crippen LogP contribution is 2.06. The van der Waals surface area contributed by atoms with E-state index in [9.17, 15) is 24.9 Å². The lowest BCUT2D eigenvalue weighted by molar-refractivity contribution is -0.131. The predicted octanol–water partition coefficient (Wildman–Crippen LogP) is -1.62. The lowest BCUT2D eigenvalue weighted by Crippen LogP contribution is -2.53. The third-order valence-electron chi connectivity index (χ3n) is 3.26. The molecule has 1 aromatic rings. The summed E-state index contributed by atoms with van der Waals surface area (Å²) in [6, 6.07) is 7.91. The molecule has 0 saturated carbocycles. The van der Waals surface area contributed by atoms with Crippen LogP contribution in [0.4, 0.5) is 0 Å². The number of aldehydes is 1. The normalized spacial score (nSPS) is 16.4. The molecular weight excluding hydrogens is 290 g/mol. The number of nitrogens with one attached hydrogen (secondary N) is 1. The number of hydrogen-bond acceptors (Lipinski definition) is 6. The van der Waals surface area contributed by atoms with E-state index in [0.717, 1.165) is 5.56 Å². The van der Waals surface area contributed by atoms with Gasteiger partial charge in [0.15, 0.2) is 0 Å². The van der Waals surface area contributed by atoms with Crippen molar-refractivity contribution in [3.63, 3.8) is 0 Å². The van der Waals surface area contributed by atoms with Crippen LogP contribution in [0, 0.1) is 0 Å². The number of aliphatic hydroxyl groups is 4. The molecule has 7 heteroatoms. The van der Waals surface area contributed by atoms with Crippen molar-refractivity contribution < 1.29 is 30.0 Å². The van der Waals surface area contributed by atoms with Crippen LogP contribution >= 0.6 is 0 Å². The van der Waals surface area contributed by atoms with Crippen molar-refractivity contribution in [2.24, 2.45) is 0 Å². The Labute approximate surface area is 128 Å². The van der Waals surface area contributed by atoms with Gasteiger partial charge in [0, 0.05) is 6.42 Å². The molecule has 0 bridgehead atoms. The van der Waals surface area contributed by atoms with Crippen molar-refractivity contribution >= 4 is 12.2 Å². The largest absolute Gasteiger partial charge is 0.394 e. The van der Waals surface area contributed by atoms with Gasteiger partial charge in [0.2, 0.25) is 5.91 Å². The molecule has 7 nitrogen and oxygen atoms in total. The molecule has 0 radical (unpaired) electrons. The van der Waals surface area contributed by atoms with Crippen molar-refractivity contribution in [3.05, 3.63) is 35.9 Å². The van der Waals surface area contributed by atoms with Gasteiger partial charge in [-0.25, -0.2) is 0 Å². The van der Waals surface area contributed by atoms with Gasteiger partial charge in [-0.3, -0.25) is 4.79 Å². The molecule has 1 rings (SSSR count). The second-order valence-electron chi connectivity index (χ2n) is 4.95. The quantitative estimate of drug-likeness (QED) is 0.349. The summed E-state index contributed by atoms with van der Waals surface area (Å²) in [4.78, 5) is 22.7. The molecule has 5 N–H and O–H groups in total. The monoisotopic (exact) mass is 311 g/mol. The number of rotatable bonds is 9. The highest BCUT2D eigenvalue weighted by atomic mass is 16.4. The summed E-state index contributed by atoms with van der Waals surface area (Å²) >= 11 is 0. The van der Waals surface area contributed by atoms with E-state index < -0.39 is 36.9 Å². The molecule has 0 aromatic heterocycles. The van der Waals surface area contributed by atoms with E-state index in [2.05, 4.69) is 5.32 Å². The summed E-state index contributed by atoms with van der Waals surface area (Å²) in [7, 11) is 0. The Morgan fingerprint density at radius 3 is 2.32 bits per heavy atom. The van der Waals surface area contributed by atoms with Gasteiger partial charge in [-0.15, -0.1) is 0 Å². The van der Waals surface area contributed by atoms with Gasteiger partial charge in [0.05, 0.1) is 6.61 Å². The van der Waals surface area contributed by atoms with Crippen LogP contribution in [0.25, 0.3) is 0 Å². The topological polar surface area (TPSA) is 127 Å². The van der Waals surface area contributed by atoms with Crippen LogP contribution in [0.15, 0.2) is 30.3 Å². The third-order valence-corrected chi connectivity index (χ3v) is 3.26. The molecule has 4 atom stereocenters. The van der Waals surface area contributed by atoms with Gasteiger partial charge in [0.1, 0.15) is 30.6 Å². The SMILES string of the molecule is O=C[C@@H](NC(=O)CCc1ccccc1)[C@@H](O)[C@H](O)[C@H](O)CO.